The minimum Gasteiger partial charge on any atom is -0.507 e. The van der Waals surface area contributed by atoms with E-state index >= 15 is 0 Å². The van der Waals surface area contributed by atoms with Crippen molar-refractivity contribution in [1.29, 1.82) is 0 Å². The summed E-state index contributed by atoms with van der Waals surface area (Å²) in [6.07, 6.45) is 0. The van der Waals surface area contributed by atoms with Gasteiger partial charge in [0.2, 0.25) is 0 Å². The number of hydrogen-bond donors (Lipinski definition) is 2. The molecule has 3 aromatic rings. The molecule has 4 nitrogen and oxygen atoms in total. The Labute approximate surface area is 120 Å². The van der Waals surface area contributed by atoms with E-state index in [-0.39, 0.29) is 11.5 Å². The highest BCUT2D eigenvalue weighted by atomic mass is 16.3. The van der Waals surface area contributed by atoms with Gasteiger partial charge >= 0.3 is 0 Å². The summed E-state index contributed by atoms with van der Waals surface area (Å²) in [7, 11) is 0. The van der Waals surface area contributed by atoms with Crippen LogP contribution >= 0.6 is 0 Å². The van der Waals surface area contributed by atoms with Crippen molar-refractivity contribution in [2.75, 3.05) is 0 Å². The molecule has 0 radical (unpaired) electrons. The van der Waals surface area contributed by atoms with Gasteiger partial charge in [-0.05, 0) is 26.0 Å². The van der Waals surface area contributed by atoms with Crippen LogP contribution in [0.1, 0.15) is 13.8 Å². The van der Waals surface area contributed by atoms with E-state index in [9.17, 15) is 10.2 Å². The zero-order valence-corrected chi connectivity index (χ0v) is 11.8. The van der Waals surface area contributed by atoms with Gasteiger partial charge in [0, 0.05) is 21.5 Å². The van der Waals surface area contributed by atoms with E-state index in [4.69, 9.17) is 0 Å². The van der Waals surface area contributed by atoms with Crippen molar-refractivity contribution in [1.82, 2.24) is 0 Å². The maximum Gasteiger partial charge on any atom is 0.146 e. The van der Waals surface area contributed by atoms with Crippen molar-refractivity contribution in [3.8, 4) is 11.5 Å². The molecule has 0 saturated carbocycles. The van der Waals surface area contributed by atoms with Gasteiger partial charge in [-0.3, -0.25) is 9.98 Å². The Kier molecular flexibility index (Phi) is 2.15. The second kappa shape index (κ2) is 3.73. The van der Waals surface area contributed by atoms with Crippen LogP contribution in [0.25, 0.3) is 21.5 Å². The molecule has 4 heteroatoms. The first kappa shape index (κ1) is 12.1. The van der Waals surface area contributed by atoms with Crippen molar-refractivity contribution >= 4 is 21.5 Å². The monoisotopic (exact) mass is 278 g/mol. The SMILES string of the molecule is CC1(C)N=c2cc3c(O)c4ccccc4c(O)c3cc2=N1. The molecule has 21 heavy (non-hydrogen) atoms. The molecule has 0 aromatic heterocycles. The van der Waals surface area contributed by atoms with Crippen LogP contribution in [0.5, 0.6) is 11.5 Å². The van der Waals surface area contributed by atoms with Gasteiger partial charge in [0.25, 0.3) is 0 Å². The highest BCUT2D eigenvalue weighted by molar-refractivity contribution is 6.10. The van der Waals surface area contributed by atoms with Crippen LogP contribution in [0.15, 0.2) is 46.4 Å². The van der Waals surface area contributed by atoms with Crippen LogP contribution < -0.4 is 10.7 Å². The molecule has 104 valence electrons. The molecule has 0 atom stereocenters. The Morgan fingerprint density at radius 3 is 1.62 bits per heavy atom. The van der Waals surface area contributed by atoms with E-state index in [1.165, 1.54) is 0 Å². The molecule has 0 amide bonds. The van der Waals surface area contributed by atoms with Gasteiger partial charge < -0.3 is 10.2 Å². The Hall–Kier alpha value is -2.62. The normalized spacial score (nSPS) is 15.7. The molecule has 0 aliphatic carbocycles. The molecular weight excluding hydrogens is 264 g/mol. The Bertz CT molecular complexity index is 954. The van der Waals surface area contributed by atoms with Gasteiger partial charge in [-0.2, -0.15) is 0 Å². The molecular formula is C17H14N2O2. The number of nitrogens with zero attached hydrogens (tertiary/aromatic N) is 2. The van der Waals surface area contributed by atoms with Crippen molar-refractivity contribution < 1.29 is 10.2 Å². The lowest BCUT2D eigenvalue weighted by molar-refractivity contribution is 0.478. The van der Waals surface area contributed by atoms with Gasteiger partial charge in [-0.1, -0.05) is 24.3 Å². The largest absolute Gasteiger partial charge is 0.507 e. The molecule has 0 bridgehead atoms. The first-order chi connectivity index (χ1) is 9.96. The van der Waals surface area contributed by atoms with Crippen molar-refractivity contribution in [3.05, 3.63) is 47.1 Å². The number of benzene rings is 3. The predicted octanol–water partition coefficient (Wildman–Crippen LogP) is 2.39. The predicted molar refractivity (Wildman–Crippen MR) is 81.2 cm³/mol. The highest BCUT2D eigenvalue weighted by Gasteiger charge is 2.20. The molecule has 2 N–H and O–H groups in total. The van der Waals surface area contributed by atoms with Crippen molar-refractivity contribution in [2.45, 2.75) is 19.5 Å². The second-order valence-electron chi connectivity index (χ2n) is 5.85. The van der Waals surface area contributed by atoms with E-state index in [0.717, 1.165) is 10.7 Å². The summed E-state index contributed by atoms with van der Waals surface area (Å²) >= 11 is 0. The number of phenolic OH excluding ortho intramolecular Hbond substituents is 2. The lowest BCUT2D eigenvalue weighted by Crippen LogP contribution is -2.20. The fourth-order valence-corrected chi connectivity index (χ4v) is 2.95. The Morgan fingerprint density at radius 2 is 1.19 bits per heavy atom. The Balaban J connectivity index is 2.27. The summed E-state index contributed by atoms with van der Waals surface area (Å²) in [4.78, 5) is 9.05. The van der Waals surface area contributed by atoms with Gasteiger partial charge in [0.15, 0.2) is 0 Å². The highest BCUT2D eigenvalue weighted by Crippen LogP contribution is 2.40. The van der Waals surface area contributed by atoms with E-state index in [2.05, 4.69) is 9.98 Å². The summed E-state index contributed by atoms with van der Waals surface area (Å²) in [6, 6.07) is 10.9. The lowest BCUT2D eigenvalue weighted by atomic mass is 10.0. The number of fused-ring (bicyclic) bond motifs is 3. The molecule has 0 spiro atoms. The fraction of sp³-hybridized carbons (Fsp3) is 0.176. The van der Waals surface area contributed by atoms with E-state index < -0.39 is 5.66 Å². The van der Waals surface area contributed by atoms with Crippen LogP contribution in [0, 0.1) is 0 Å². The maximum absolute atomic E-state index is 10.5. The van der Waals surface area contributed by atoms with Crippen LogP contribution in [0.2, 0.25) is 0 Å². The third-order valence-corrected chi connectivity index (χ3v) is 3.85. The Morgan fingerprint density at radius 1 is 0.762 bits per heavy atom. The average Bonchev–Trinajstić information content (AvgIpc) is 2.76. The van der Waals surface area contributed by atoms with Gasteiger partial charge in [-0.25, -0.2) is 0 Å². The standard InChI is InChI=1S/C17H14N2O2/c1-17(2)18-13-7-11-12(8-14(13)19-17)16(21)10-6-4-3-5-9(10)15(11)20/h3-8,20-21H,1-2H3. The van der Waals surface area contributed by atoms with Crippen LogP contribution in [0.4, 0.5) is 0 Å². The smallest absolute Gasteiger partial charge is 0.146 e. The minimum absolute atomic E-state index is 0.168. The number of phenols is 2. The van der Waals surface area contributed by atoms with E-state index in [1.54, 1.807) is 24.3 Å². The number of aromatic hydroxyl groups is 2. The zero-order valence-electron chi connectivity index (χ0n) is 11.8. The average molecular weight is 278 g/mol. The van der Waals surface area contributed by atoms with Gasteiger partial charge in [0.05, 0.1) is 10.7 Å². The van der Waals surface area contributed by atoms with Crippen molar-refractivity contribution in [2.24, 2.45) is 9.98 Å². The second-order valence-corrected chi connectivity index (χ2v) is 5.85. The topological polar surface area (TPSA) is 65.2 Å². The fourth-order valence-electron chi connectivity index (χ4n) is 2.95. The van der Waals surface area contributed by atoms with Crippen LogP contribution in [-0.4, -0.2) is 15.9 Å². The van der Waals surface area contributed by atoms with E-state index in [0.29, 0.717) is 21.5 Å². The molecule has 1 aliphatic rings. The van der Waals surface area contributed by atoms with Crippen LogP contribution in [-0.2, 0) is 0 Å². The summed E-state index contributed by atoms with van der Waals surface area (Å²) in [6.45, 7) is 3.85. The van der Waals surface area contributed by atoms with Gasteiger partial charge in [-0.15, -0.1) is 0 Å². The van der Waals surface area contributed by atoms with Crippen LogP contribution in [0.3, 0.4) is 0 Å². The number of hydrogen-bond acceptors (Lipinski definition) is 4. The quantitative estimate of drug-likeness (QED) is 0.490. The molecule has 0 fully saturated rings. The molecule has 0 unspecified atom stereocenters. The lowest BCUT2D eigenvalue weighted by Gasteiger charge is -2.08. The molecule has 4 rings (SSSR count). The van der Waals surface area contributed by atoms with Crippen molar-refractivity contribution in [3.63, 3.8) is 0 Å². The van der Waals surface area contributed by atoms with Gasteiger partial charge in [0.1, 0.15) is 17.2 Å². The zero-order chi connectivity index (χ0) is 14.8. The third kappa shape index (κ3) is 1.62. The number of rotatable bonds is 0. The maximum atomic E-state index is 10.5. The first-order valence-electron chi connectivity index (χ1n) is 6.82. The first-order valence-corrected chi connectivity index (χ1v) is 6.82. The molecule has 0 saturated heterocycles. The molecule has 1 heterocycles. The molecule has 1 aliphatic heterocycles. The molecule has 3 aromatic carbocycles. The summed E-state index contributed by atoms with van der Waals surface area (Å²) < 4.78 is 0. The minimum atomic E-state index is -0.496. The summed E-state index contributed by atoms with van der Waals surface area (Å²) in [5.74, 6) is 0.335. The van der Waals surface area contributed by atoms with E-state index in [1.807, 2.05) is 26.0 Å². The summed E-state index contributed by atoms with van der Waals surface area (Å²) in [5, 5.41) is 25.0. The third-order valence-electron chi connectivity index (χ3n) is 3.85. The summed E-state index contributed by atoms with van der Waals surface area (Å²) in [5.41, 5.74) is -0.496.